The van der Waals surface area contributed by atoms with E-state index in [2.05, 4.69) is 21.0 Å². The lowest BCUT2D eigenvalue weighted by molar-refractivity contribution is -0.194. The van der Waals surface area contributed by atoms with Gasteiger partial charge in [0.15, 0.2) is 0 Å². The maximum atomic E-state index is 15.1. The molecule has 6 rings (SSSR count). The minimum absolute atomic E-state index is 0.103. The predicted molar refractivity (Wildman–Crippen MR) is 133 cm³/mol. The van der Waals surface area contributed by atoms with Crippen LogP contribution in [0, 0.1) is 29.1 Å². The fraction of sp³-hybridized carbons (Fsp3) is 0.731. The third-order valence-corrected chi connectivity index (χ3v) is 8.46. The van der Waals surface area contributed by atoms with Crippen LogP contribution in [0.25, 0.3) is 0 Å². The maximum Gasteiger partial charge on any atom is 0.255 e. The topological polar surface area (TPSA) is 132 Å². The van der Waals surface area contributed by atoms with Crippen molar-refractivity contribution in [1.29, 1.82) is 5.26 Å². The fourth-order valence-corrected chi connectivity index (χ4v) is 6.36. The molecule has 3 aliphatic heterocycles. The second kappa shape index (κ2) is 10.5. The van der Waals surface area contributed by atoms with E-state index >= 15 is 8.78 Å². The summed E-state index contributed by atoms with van der Waals surface area (Å²) >= 11 is 0. The molecule has 206 valence electrons. The Bertz CT molecular complexity index is 1110. The quantitative estimate of drug-likeness (QED) is 0.446. The van der Waals surface area contributed by atoms with Crippen molar-refractivity contribution in [2.24, 2.45) is 24.8 Å². The van der Waals surface area contributed by atoms with Crippen LogP contribution in [0.15, 0.2) is 12.4 Å². The lowest BCUT2D eigenvalue weighted by atomic mass is 9.71. The first-order chi connectivity index (χ1) is 18.2. The van der Waals surface area contributed by atoms with E-state index in [0.29, 0.717) is 37.4 Å². The number of alkyl halides is 2. The van der Waals surface area contributed by atoms with Gasteiger partial charge in [-0.3, -0.25) is 19.1 Å². The van der Waals surface area contributed by atoms with Gasteiger partial charge in [-0.05, 0) is 44.4 Å². The molecule has 10 nitrogen and oxygen atoms in total. The molecule has 38 heavy (non-hydrogen) atoms. The minimum atomic E-state index is -3.09. The molecule has 2 bridgehead atoms. The normalized spacial score (nSPS) is 29.6. The van der Waals surface area contributed by atoms with Gasteiger partial charge in [0.05, 0.1) is 23.9 Å². The Balaban J connectivity index is 1.37. The van der Waals surface area contributed by atoms with Crippen LogP contribution < -0.4 is 16.0 Å². The molecule has 0 aromatic carbocycles. The van der Waals surface area contributed by atoms with E-state index in [0.717, 1.165) is 19.3 Å². The second-order valence-corrected chi connectivity index (χ2v) is 11.3. The summed E-state index contributed by atoms with van der Waals surface area (Å²) in [7, 11) is 1.76. The summed E-state index contributed by atoms with van der Waals surface area (Å²) in [6.07, 6.45) is 7.44. The highest BCUT2D eigenvalue weighted by molar-refractivity contribution is 5.92. The van der Waals surface area contributed by atoms with E-state index < -0.39 is 54.3 Å². The first kappa shape index (κ1) is 26.4. The number of anilines is 1. The zero-order valence-corrected chi connectivity index (χ0v) is 21.5. The van der Waals surface area contributed by atoms with Gasteiger partial charge in [0.1, 0.15) is 18.1 Å². The molecule has 5 fully saturated rings. The molecule has 3 saturated heterocycles. The van der Waals surface area contributed by atoms with E-state index in [1.54, 1.807) is 24.1 Å². The van der Waals surface area contributed by atoms with Crippen LogP contribution in [0.1, 0.15) is 57.8 Å². The summed E-state index contributed by atoms with van der Waals surface area (Å²) in [5, 5.41) is 22.5. The Labute approximate surface area is 220 Å². The average molecular weight is 532 g/mol. The fourth-order valence-electron chi connectivity index (χ4n) is 6.36. The maximum absolute atomic E-state index is 15.1. The third kappa shape index (κ3) is 5.47. The number of aryl methyl sites for hydroxylation is 1. The minimum Gasteiger partial charge on any atom is -0.371 e. The molecule has 0 radical (unpaired) electrons. The summed E-state index contributed by atoms with van der Waals surface area (Å²) < 4.78 is 31.8. The van der Waals surface area contributed by atoms with Gasteiger partial charge < -0.3 is 20.9 Å². The predicted octanol–water partition coefficient (Wildman–Crippen LogP) is 1.94. The van der Waals surface area contributed by atoms with Crippen LogP contribution in [-0.4, -0.2) is 69.0 Å². The van der Waals surface area contributed by atoms with Gasteiger partial charge in [-0.15, -0.1) is 0 Å². The Morgan fingerprint density at radius 3 is 2.68 bits per heavy atom. The summed E-state index contributed by atoms with van der Waals surface area (Å²) in [4.78, 5) is 41.1. The Morgan fingerprint density at radius 2 is 2.05 bits per heavy atom. The van der Waals surface area contributed by atoms with E-state index in [-0.39, 0.29) is 24.7 Å². The number of amides is 3. The van der Waals surface area contributed by atoms with Gasteiger partial charge in [0.25, 0.3) is 5.92 Å². The Kier molecular flexibility index (Phi) is 7.29. The zero-order valence-electron chi connectivity index (χ0n) is 21.5. The summed E-state index contributed by atoms with van der Waals surface area (Å²) in [5.41, 5.74) is 0.648. The molecule has 5 aliphatic rings. The van der Waals surface area contributed by atoms with E-state index in [9.17, 15) is 19.6 Å². The number of nitrogens with one attached hydrogen (secondary N) is 3. The van der Waals surface area contributed by atoms with E-state index in [1.807, 2.05) is 6.07 Å². The molecule has 0 spiro atoms. The molecular formula is C26H35F2N7O3. The van der Waals surface area contributed by atoms with Crippen LogP contribution >= 0.6 is 0 Å². The number of piperidine rings is 3. The largest absolute Gasteiger partial charge is 0.371 e. The number of nitrogens with zero attached hydrogens (tertiary/aromatic N) is 4. The van der Waals surface area contributed by atoms with Crippen LogP contribution in [0.3, 0.4) is 0 Å². The highest BCUT2D eigenvalue weighted by Crippen LogP contribution is 2.49. The van der Waals surface area contributed by atoms with Crippen molar-refractivity contribution >= 4 is 23.4 Å². The van der Waals surface area contributed by atoms with Crippen molar-refractivity contribution in [2.45, 2.75) is 87.9 Å². The van der Waals surface area contributed by atoms with Crippen molar-refractivity contribution in [3.63, 3.8) is 0 Å². The number of fused-ring (bicyclic) bond motifs is 3. The van der Waals surface area contributed by atoms with E-state index in [4.69, 9.17) is 0 Å². The first-order valence-electron chi connectivity index (χ1n) is 13.6. The smallest absolute Gasteiger partial charge is 0.255 e. The van der Waals surface area contributed by atoms with Crippen molar-refractivity contribution in [2.75, 3.05) is 11.9 Å². The molecule has 0 unspecified atom stereocenters. The molecule has 2 saturated carbocycles. The highest BCUT2D eigenvalue weighted by Gasteiger charge is 2.61. The summed E-state index contributed by atoms with van der Waals surface area (Å²) in [6, 6.07) is -1.81. The van der Waals surface area contributed by atoms with Crippen LogP contribution in [-0.2, 0) is 21.4 Å². The van der Waals surface area contributed by atoms with Crippen LogP contribution in [0.4, 0.5) is 14.5 Å². The number of rotatable bonds is 9. The summed E-state index contributed by atoms with van der Waals surface area (Å²) in [5.74, 6) is -5.76. The van der Waals surface area contributed by atoms with Crippen LogP contribution in [0.5, 0.6) is 0 Å². The Hall–Kier alpha value is -3.23. The van der Waals surface area contributed by atoms with Gasteiger partial charge in [-0.2, -0.15) is 10.4 Å². The van der Waals surface area contributed by atoms with Crippen LogP contribution in [0.2, 0.25) is 0 Å². The Morgan fingerprint density at radius 1 is 1.26 bits per heavy atom. The first-order valence-corrected chi connectivity index (χ1v) is 13.6. The number of carbonyl (C=O) groups is 3. The van der Waals surface area contributed by atoms with Gasteiger partial charge in [-0.1, -0.05) is 12.8 Å². The number of hydrogen-bond donors (Lipinski definition) is 3. The molecule has 12 heteroatoms. The van der Waals surface area contributed by atoms with Crippen molar-refractivity contribution in [3.05, 3.63) is 12.4 Å². The molecule has 1 aromatic rings. The molecule has 4 heterocycles. The average Bonchev–Trinajstić information content (AvgIpc) is 3.61. The number of hydrogen-bond acceptors (Lipinski definition) is 6. The lowest BCUT2D eigenvalue weighted by Crippen LogP contribution is -2.70. The van der Waals surface area contributed by atoms with Gasteiger partial charge in [0, 0.05) is 38.2 Å². The molecule has 3 N–H and O–H groups in total. The summed E-state index contributed by atoms with van der Waals surface area (Å²) in [6.45, 7) is 0.575. The highest BCUT2D eigenvalue weighted by atomic mass is 19.3. The second-order valence-electron chi connectivity index (χ2n) is 11.3. The lowest BCUT2D eigenvalue weighted by Gasteiger charge is -2.54. The molecular weight excluding hydrogens is 496 g/mol. The SMILES string of the molecule is Cn1cc(N[C@H](CC2CC2)C(=O)N2[C@H]3CC[C@@H]([C@@H]2C(=O)N[C@@H](C#N)C[C@@H]2CCCNC2=O)C(F)(F)C3)cn1. The number of nitriles is 1. The van der Waals surface area contributed by atoms with Crippen molar-refractivity contribution in [1.82, 2.24) is 25.3 Å². The number of halogens is 2. The molecule has 1 aromatic heterocycles. The van der Waals surface area contributed by atoms with Gasteiger partial charge >= 0.3 is 0 Å². The van der Waals surface area contributed by atoms with Gasteiger partial charge in [-0.25, -0.2) is 8.78 Å². The van der Waals surface area contributed by atoms with Crippen molar-refractivity contribution < 1.29 is 23.2 Å². The molecule has 6 atom stereocenters. The van der Waals surface area contributed by atoms with Gasteiger partial charge in [0.2, 0.25) is 17.7 Å². The number of aromatic nitrogens is 2. The van der Waals surface area contributed by atoms with Crippen molar-refractivity contribution in [3.8, 4) is 6.07 Å². The third-order valence-electron chi connectivity index (χ3n) is 8.46. The molecule has 2 aliphatic carbocycles. The molecule has 3 amide bonds. The standard InChI is InChI=1S/C26H35F2N7O3/c1-34-14-18(13-31-34)32-21(9-15-4-5-15)25(38)35-19-6-7-20(26(27,28)11-19)22(35)24(37)33-17(12-29)10-16-3-2-8-30-23(16)36/h13-17,19-22,32H,2-11H2,1H3,(H,30,36)(H,33,37)/t16-,17+,19-,20-,21+,22+/m0/s1. The number of carbonyl (C=O) groups excluding carboxylic acids is 3. The zero-order chi connectivity index (χ0) is 27.0. The van der Waals surface area contributed by atoms with E-state index in [1.165, 1.54) is 4.90 Å². The monoisotopic (exact) mass is 531 g/mol.